The zero-order valence-electron chi connectivity index (χ0n) is 47.3. The number of nitrogens with zero attached hydrogens (tertiary/aromatic N) is 4. The number of quaternary nitrogens is 2. The van der Waals surface area contributed by atoms with Gasteiger partial charge in [0.05, 0.1) is 91.2 Å². The maximum absolute atomic E-state index is 14.6. The van der Waals surface area contributed by atoms with Gasteiger partial charge in [-0.25, -0.2) is 0 Å². The molecule has 74 heavy (non-hydrogen) atoms. The van der Waals surface area contributed by atoms with Crippen LogP contribution in [0.4, 0.5) is 0 Å². The first kappa shape index (κ1) is 62.4. The van der Waals surface area contributed by atoms with E-state index < -0.39 is 17.9 Å². The van der Waals surface area contributed by atoms with Gasteiger partial charge in [-0.05, 0) is 115 Å². The van der Waals surface area contributed by atoms with Crippen molar-refractivity contribution >= 4 is 57.6 Å². The summed E-state index contributed by atoms with van der Waals surface area (Å²) in [7, 11) is 14.6. The Balaban J connectivity index is 0.00000168. The number of ether oxygens (including phenoxy) is 1. The lowest BCUT2D eigenvalue weighted by molar-refractivity contribution is -0.870. The van der Waals surface area contributed by atoms with Crippen LogP contribution in [0, 0.1) is 13.8 Å². The smallest absolute Gasteiger partial charge is 0.310 e. The standard InChI is InChI=1S/C53H80N8O5.2C2H4O2/c1-14-38-33(2)41-32-46-49(37(6)62)35(4)43(57-46)30-42-34(3)39(23-24-47(63)54-25-19-15-17-21-27-60(7,8)9)51(58-42)40(29-48(64)66-13)52-50(36(5)44(59-52)31-45(38)56-41)53(65)55-26-20-16-18-22-28-61(10,11)12;2*1-2(3)4/h30-34,38-39H,14-29H2,1-13H3,(H2-2,54,55,56,57,58,59,62,63,65);2*1H3,(H,3,4)/t33-,34+,38-,39+;;/m1../s1. The van der Waals surface area contributed by atoms with E-state index in [0.29, 0.717) is 52.9 Å². The molecule has 410 valence electrons. The molecule has 0 spiro atoms. The number of ketones is 1. The summed E-state index contributed by atoms with van der Waals surface area (Å²) in [5.74, 6) is -3.21. The molecule has 5 heterocycles. The Hall–Kier alpha value is -5.94. The Labute approximate surface area is 439 Å². The van der Waals surface area contributed by atoms with Crippen LogP contribution in [0.1, 0.15) is 196 Å². The van der Waals surface area contributed by atoms with Gasteiger partial charge in [0.25, 0.3) is 5.91 Å². The summed E-state index contributed by atoms with van der Waals surface area (Å²) >= 11 is 0. The van der Waals surface area contributed by atoms with Crippen molar-refractivity contribution in [3.8, 4) is 0 Å². The van der Waals surface area contributed by atoms with Crippen LogP contribution in [0.5, 0.6) is 0 Å². The summed E-state index contributed by atoms with van der Waals surface area (Å²) in [6.07, 6.45) is 9.79. The third-order valence-corrected chi connectivity index (χ3v) is 13.8. The van der Waals surface area contributed by atoms with Crippen LogP contribution in [0.2, 0.25) is 0 Å². The van der Waals surface area contributed by atoms with Crippen LogP contribution in [0.15, 0.2) is 18.2 Å². The van der Waals surface area contributed by atoms with Crippen molar-refractivity contribution < 1.29 is 52.7 Å². The van der Waals surface area contributed by atoms with Crippen molar-refractivity contribution in [3.05, 3.63) is 68.8 Å². The van der Waals surface area contributed by atoms with E-state index in [9.17, 15) is 19.2 Å². The molecule has 0 saturated carbocycles. The van der Waals surface area contributed by atoms with Crippen LogP contribution >= 0.6 is 0 Å². The Morgan fingerprint density at radius 2 is 1.12 bits per heavy atom. The molecule has 0 unspecified atom stereocenters. The fourth-order valence-electron chi connectivity index (χ4n) is 9.87. The second kappa shape index (κ2) is 28.7. The largest absolute Gasteiger partial charge is 0.550 e. The first-order valence-electron chi connectivity index (χ1n) is 26.5. The van der Waals surface area contributed by atoms with E-state index >= 15 is 0 Å². The minimum atomic E-state index is -1.08. The molecule has 0 radical (unpaired) electrons. The molecule has 3 aromatic heterocycles. The van der Waals surface area contributed by atoms with Crippen molar-refractivity contribution in [1.82, 2.24) is 30.6 Å². The predicted octanol–water partition coefficient (Wildman–Crippen LogP) is 6.71. The van der Waals surface area contributed by atoms with Crippen LogP contribution < -0.4 is 20.8 Å². The number of nitrogens with one attached hydrogen (secondary N) is 4. The first-order valence-corrected chi connectivity index (χ1v) is 26.5. The number of aromatic amines is 2. The summed E-state index contributed by atoms with van der Waals surface area (Å²) in [6, 6.07) is 6.06. The van der Waals surface area contributed by atoms with Gasteiger partial charge in [-0.2, -0.15) is 0 Å². The number of Topliss-reactive ketones (excluding diaryl/α,β-unsaturated/α-hetero) is 1. The molecule has 8 bridgehead atoms. The van der Waals surface area contributed by atoms with Gasteiger partial charge in [0.1, 0.15) is 0 Å². The zero-order valence-corrected chi connectivity index (χ0v) is 47.3. The molecular formula is C57H88N8O9. The second-order valence-electron chi connectivity index (χ2n) is 22.2. The summed E-state index contributed by atoms with van der Waals surface area (Å²) in [5.41, 5.74) is 9.10. The van der Waals surface area contributed by atoms with E-state index in [-0.39, 0.29) is 54.1 Å². The van der Waals surface area contributed by atoms with Gasteiger partial charge in [-0.1, -0.05) is 33.6 Å². The molecule has 17 heteroatoms. The lowest BCUT2D eigenvalue weighted by Crippen LogP contribution is -2.35. The number of aliphatic carboxylic acids is 2. The molecule has 3 aromatic rings. The number of carboxylic acids is 2. The average molecular weight is 1030 g/mol. The SMILES string of the molecule is CC(=O)[O-].CC(=O)[O-].CC[C@H]1c2cc3[nH]c(c(CC(=O)OC)c4nc(cc5[nH]c(cc(n2)[C@@H]1C)c(C(C)=O)c5C)[C@@H](C)[C@@H]4CCC(=O)NCCCCCC[N+](C)(C)C)c(C(=O)NCCCCCC[N+](C)(C)C)c3C. The number of carbonyl (C=O) groups excluding carboxylic acids is 6. The monoisotopic (exact) mass is 1030 g/mol. The van der Waals surface area contributed by atoms with E-state index in [1.807, 2.05) is 32.0 Å². The Morgan fingerprint density at radius 1 is 0.649 bits per heavy atom. The maximum atomic E-state index is 14.6. The molecule has 2 aliphatic rings. The quantitative estimate of drug-likeness (QED) is 0.0357. The summed E-state index contributed by atoms with van der Waals surface area (Å²) in [6.45, 7) is 17.2. The van der Waals surface area contributed by atoms with E-state index in [1.54, 1.807) is 6.92 Å². The van der Waals surface area contributed by atoms with Crippen molar-refractivity contribution in [2.75, 3.05) is 75.6 Å². The highest BCUT2D eigenvalue weighted by Crippen LogP contribution is 2.44. The van der Waals surface area contributed by atoms with Crippen LogP contribution in [0.25, 0.3) is 22.1 Å². The van der Waals surface area contributed by atoms with E-state index in [0.717, 1.165) is 133 Å². The first-order chi connectivity index (χ1) is 34.6. The number of hydrogen-bond acceptors (Lipinski definition) is 11. The normalized spacial score (nSPS) is 16.3. The van der Waals surface area contributed by atoms with Gasteiger partial charge >= 0.3 is 5.97 Å². The molecule has 2 amide bonds. The molecule has 17 nitrogen and oxygen atoms in total. The molecule has 2 aliphatic heterocycles. The highest BCUT2D eigenvalue weighted by Gasteiger charge is 2.34. The fourth-order valence-corrected chi connectivity index (χ4v) is 9.87. The third kappa shape index (κ3) is 19.1. The Morgan fingerprint density at radius 3 is 1.65 bits per heavy atom. The minimum absolute atomic E-state index is 0.0251. The number of rotatable bonds is 22. The minimum Gasteiger partial charge on any atom is -0.550 e. The molecule has 0 aliphatic carbocycles. The number of H-pyrrole nitrogens is 2. The average Bonchev–Trinajstić information content (AvgIpc) is 3.98. The van der Waals surface area contributed by atoms with Gasteiger partial charge in [0.15, 0.2) is 5.78 Å². The third-order valence-electron chi connectivity index (χ3n) is 13.8. The number of methoxy groups -OCH3 is 1. The summed E-state index contributed by atoms with van der Waals surface area (Å²) in [5, 5.41) is 24.2. The fraction of sp³-hybridized carbons (Fsp3) is 0.614. The molecule has 5 rings (SSSR count). The number of fused-ring (bicyclic) bond motifs is 8. The number of aromatic nitrogens is 4. The van der Waals surface area contributed by atoms with Crippen LogP contribution in [-0.4, -0.2) is 140 Å². The van der Waals surface area contributed by atoms with Crippen molar-refractivity contribution in [2.45, 2.75) is 156 Å². The van der Waals surface area contributed by atoms with Gasteiger partial charge in [0.2, 0.25) is 5.91 Å². The maximum Gasteiger partial charge on any atom is 0.310 e. The van der Waals surface area contributed by atoms with Gasteiger partial charge < -0.3 is 54.1 Å². The highest BCUT2D eigenvalue weighted by molar-refractivity contribution is 6.06. The zero-order chi connectivity index (χ0) is 55.7. The number of hydrogen-bond donors (Lipinski definition) is 4. The number of aryl methyl sites for hydroxylation is 2. The van der Waals surface area contributed by atoms with Crippen molar-refractivity contribution in [1.29, 1.82) is 0 Å². The van der Waals surface area contributed by atoms with Crippen LogP contribution in [-0.2, 0) is 30.3 Å². The Kier molecular flexibility index (Phi) is 24.1. The van der Waals surface area contributed by atoms with E-state index in [2.05, 4.69) is 83.7 Å². The van der Waals surface area contributed by atoms with E-state index in [1.165, 1.54) is 7.11 Å². The lowest BCUT2D eigenvalue weighted by Gasteiger charge is -2.23. The number of amides is 2. The molecule has 0 aromatic carbocycles. The molecule has 4 atom stereocenters. The second-order valence-corrected chi connectivity index (χ2v) is 22.2. The van der Waals surface area contributed by atoms with Gasteiger partial charge in [-0.15, -0.1) is 0 Å². The number of carbonyl (C=O) groups is 6. The number of carboxylic acid groups (broad SMARTS) is 2. The van der Waals surface area contributed by atoms with E-state index in [4.69, 9.17) is 34.5 Å². The number of esters is 1. The highest BCUT2D eigenvalue weighted by atomic mass is 16.5. The molecule has 4 N–H and O–H groups in total. The summed E-state index contributed by atoms with van der Waals surface area (Å²) < 4.78 is 7.22. The predicted molar refractivity (Wildman–Crippen MR) is 287 cm³/mol. The summed E-state index contributed by atoms with van der Waals surface area (Å²) in [4.78, 5) is 90.5. The van der Waals surface area contributed by atoms with Crippen molar-refractivity contribution in [2.24, 2.45) is 0 Å². The Bertz CT molecular complexity index is 2580. The van der Waals surface area contributed by atoms with Crippen molar-refractivity contribution in [3.63, 3.8) is 0 Å². The lowest BCUT2D eigenvalue weighted by atomic mass is 9.85. The topological polar surface area (TPSA) is 239 Å². The van der Waals surface area contributed by atoms with Crippen LogP contribution in [0.3, 0.4) is 0 Å². The number of unbranched alkanes of at least 4 members (excludes halogenated alkanes) is 6. The molecular weight excluding hydrogens is 941 g/mol. The van der Waals surface area contributed by atoms with Gasteiger partial charge in [0, 0.05) is 94.4 Å². The van der Waals surface area contributed by atoms with Gasteiger partial charge in [-0.3, -0.25) is 29.1 Å². The molecule has 0 fully saturated rings. The molecule has 0 saturated heterocycles.